The second-order valence-corrected chi connectivity index (χ2v) is 11.3. The number of aryl methyl sites for hydroxylation is 1. The number of benzene rings is 1. The fourth-order valence-corrected chi connectivity index (χ4v) is 6.45. The lowest BCUT2D eigenvalue weighted by Gasteiger charge is -2.34. The standard InChI is InChI=1S/C23H30N2O6S2/c1-6-30-23(27)21-16(4)17(5)32-22(21)24-11-20(26)18-8-7-9-19(10-18)33(28,29)25-12-14(2)31-15(3)13-25/h7-10,14-15,24H,6,11-13H2,1-5H3. The van der Waals surface area contributed by atoms with Crippen LogP contribution in [-0.4, -0.2) is 62.9 Å². The van der Waals surface area contributed by atoms with Gasteiger partial charge in [-0.15, -0.1) is 11.3 Å². The first-order valence-corrected chi connectivity index (χ1v) is 13.1. The SMILES string of the molecule is CCOC(=O)c1c(NCC(=O)c2cccc(S(=O)(=O)N3CC(C)OC(C)C3)c2)sc(C)c1C. The highest BCUT2D eigenvalue weighted by Gasteiger charge is 2.32. The summed E-state index contributed by atoms with van der Waals surface area (Å²) in [7, 11) is -3.76. The summed E-state index contributed by atoms with van der Waals surface area (Å²) in [5.41, 5.74) is 1.52. The van der Waals surface area contributed by atoms with Gasteiger partial charge in [-0.1, -0.05) is 12.1 Å². The van der Waals surface area contributed by atoms with E-state index in [1.54, 1.807) is 19.1 Å². The van der Waals surface area contributed by atoms with Crippen LogP contribution >= 0.6 is 11.3 Å². The van der Waals surface area contributed by atoms with Gasteiger partial charge in [-0.3, -0.25) is 4.79 Å². The number of hydrogen-bond acceptors (Lipinski definition) is 8. The summed E-state index contributed by atoms with van der Waals surface area (Å²) in [6, 6.07) is 6.05. The van der Waals surface area contributed by atoms with Crippen LogP contribution in [0.15, 0.2) is 29.2 Å². The van der Waals surface area contributed by atoms with Crippen molar-refractivity contribution in [2.24, 2.45) is 0 Å². The zero-order valence-electron chi connectivity index (χ0n) is 19.5. The van der Waals surface area contributed by atoms with Crippen LogP contribution in [0.5, 0.6) is 0 Å². The fraction of sp³-hybridized carbons (Fsp3) is 0.478. The van der Waals surface area contributed by atoms with Crippen LogP contribution in [0.3, 0.4) is 0 Å². The molecule has 2 unspecified atom stereocenters. The Morgan fingerprint density at radius 2 is 1.88 bits per heavy atom. The van der Waals surface area contributed by atoms with Gasteiger partial charge in [-0.05, 0) is 52.3 Å². The molecule has 0 spiro atoms. The van der Waals surface area contributed by atoms with E-state index in [4.69, 9.17) is 9.47 Å². The molecule has 0 amide bonds. The molecular weight excluding hydrogens is 464 g/mol. The van der Waals surface area contributed by atoms with Crippen molar-refractivity contribution in [2.75, 3.05) is 31.6 Å². The Labute approximate surface area is 198 Å². The lowest BCUT2D eigenvalue weighted by atomic mass is 10.1. The minimum absolute atomic E-state index is 0.0738. The van der Waals surface area contributed by atoms with Crippen LogP contribution in [0.4, 0.5) is 5.00 Å². The zero-order chi connectivity index (χ0) is 24.3. The summed E-state index contributed by atoms with van der Waals surface area (Å²) in [5.74, 6) is -0.717. The van der Waals surface area contributed by atoms with Crippen molar-refractivity contribution in [3.63, 3.8) is 0 Å². The van der Waals surface area contributed by atoms with Gasteiger partial charge in [-0.2, -0.15) is 4.31 Å². The maximum atomic E-state index is 13.1. The Balaban J connectivity index is 1.77. The number of nitrogens with one attached hydrogen (secondary N) is 1. The fourth-order valence-electron chi connectivity index (χ4n) is 3.77. The quantitative estimate of drug-likeness (QED) is 0.442. The Bertz CT molecular complexity index is 1130. The summed E-state index contributed by atoms with van der Waals surface area (Å²) < 4.78 is 38.5. The number of ketones is 1. The largest absolute Gasteiger partial charge is 0.462 e. The van der Waals surface area contributed by atoms with Gasteiger partial charge in [-0.25, -0.2) is 13.2 Å². The molecule has 1 fully saturated rings. The van der Waals surface area contributed by atoms with E-state index in [0.29, 0.717) is 10.6 Å². The molecule has 1 aliphatic rings. The molecule has 1 N–H and O–H groups in total. The van der Waals surface area contributed by atoms with Gasteiger partial charge in [0.1, 0.15) is 5.00 Å². The van der Waals surface area contributed by atoms with E-state index in [-0.39, 0.29) is 54.7 Å². The number of esters is 1. The molecule has 2 aromatic rings. The summed E-state index contributed by atoms with van der Waals surface area (Å²) in [4.78, 5) is 26.2. The van der Waals surface area contributed by atoms with Crippen molar-refractivity contribution in [1.29, 1.82) is 0 Å². The summed E-state index contributed by atoms with van der Waals surface area (Å²) in [6.45, 7) is 9.85. The van der Waals surface area contributed by atoms with Crippen LogP contribution in [-0.2, 0) is 19.5 Å². The summed E-state index contributed by atoms with van der Waals surface area (Å²) in [6.07, 6.45) is -0.410. The van der Waals surface area contributed by atoms with Crippen molar-refractivity contribution < 1.29 is 27.5 Å². The molecule has 1 aliphatic heterocycles. The maximum absolute atomic E-state index is 13.1. The van der Waals surface area contributed by atoms with Crippen LogP contribution in [0.1, 0.15) is 51.9 Å². The van der Waals surface area contributed by atoms with E-state index < -0.39 is 16.0 Å². The van der Waals surface area contributed by atoms with Gasteiger partial charge in [0.05, 0.1) is 35.8 Å². The van der Waals surface area contributed by atoms with Gasteiger partial charge in [0.2, 0.25) is 10.0 Å². The number of sulfonamides is 1. The van der Waals surface area contributed by atoms with Crippen molar-refractivity contribution in [2.45, 2.75) is 51.7 Å². The molecule has 3 rings (SSSR count). The van der Waals surface area contributed by atoms with E-state index in [1.807, 2.05) is 27.7 Å². The number of carbonyl (C=O) groups is 2. The maximum Gasteiger partial charge on any atom is 0.341 e. The zero-order valence-corrected chi connectivity index (χ0v) is 21.1. The van der Waals surface area contributed by atoms with E-state index in [9.17, 15) is 18.0 Å². The Morgan fingerprint density at radius 3 is 2.52 bits per heavy atom. The number of morpholine rings is 1. The average molecular weight is 495 g/mol. The molecule has 33 heavy (non-hydrogen) atoms. The number of nitrogens with zero attached hydrogens (tertiary/aromatic N) is 1. The van der Waals surface area contributed by atoms with Gasteiger partial charge in [0.25, 0.3) is 0 Å². The van der Waals surface area contributed by atoms with E-state index in [0.717, 1.165) is 10.4 Å². The predicted molar refractivity (Wildman–Crippen MR) is 128 cm³/mol. The Kier molecular flexibility index (Phi) is 7.94. The first kappa shape index (κ1) is 25.4. The molecule has 8 nitrogen and oxygen atoms in total. The molecule has 2 heterocycles. The summed E-state index contributed by atoms with van der Waals surface area (Å²) >= 11 is 1.38. The minimum Gasteiger partial charge on any atom is -0.462 e. The molecule has 1 aromatic heterocycles. The molecule has 0 saturated carbocycles. The molecule has 2 atom stereocenters. The second kappa shape index (κ2) is 10.3. The van der Waals surface area contributed by atoms with Crippen LogP contribution < -0.4 is 5.32 Å². The van der Waals surface area contributed by atoms with Crippen molar-refractivity contribution in [3.05, 3.63) is 45.8 Å². The highest BCUT2D eigenvalue weighted by atomic mass is 32.2. The highest BCUT2D eigenvalue weighted by Crippen LogP contribution is 2.33. The number of Topliss-reactive ketones (excluding diaryl/α,β-unsaturated/α-hetero) is 1. The third kappa shape index (κ3) is 5.63. The normalized spacial score (nSPS) is 19.3. The van der Waals surface area contributed by atoms with Crippen molar-refractivity contribution >= 4 is 38.1 Å². The van der Waals surface area contributed by atoms with Gasteiger partial charge in [0.15, 0.2) is 5.78 Å². The van der Waals surface area contributed by atoms with E-state index in [2.05, 4.69) is 5.32 Å². The van der Waals surface area contributed by atoms with Crippen molar-refractivity contribution in [1.82, 2.24) is 4.31 Å². The van der Waals surface area contributed by atoms with E-state index >= 15 is 0 Å². The minimum atomic E-state index is -3.76. The van der Waals surface area contributed by atoms with Crippen LogP contribution in [0.2, 0.25) is 0 Å². The number of carbonyl (C=O) groups excluding carboxylic acids is 2. The Morgan fingerprint density at radius 1 is 1.21 bits per heavy atom. The number of thiophene rings is 1. The lowest BCUT2D eigenvalue weighted by molar-refractivity contribution is -0.0440. The molecule has 180 valence electrons. The number of ether oxygens (including phenoxy) is 2. The average Bonchev–Trinajstić information content (AvgIpc) is 3.05. The smallest absolute Gasteiger partial charge is 0.341 e. The van der Waals surface area contributed by atoms with Crippen LogP contribution in [0.25, 0.3) is 0 Å². The number of anilines is 1. The Hall–Kier alpha value is -2.27. The molecule has 1 aromatic carbocycles. The van der Waals surface area contributed by atoms with Crippen molar-refractivity contribution in [3.8, 4) is 0 Å². The second-order valence-electron chi connectivity index (χ2n) is 8.09. The molecule has 0 aliphatic carbocycles. The molecule has 10 heteroatoms. The molecule has 0 bridgehead atoms. The monoisotopic (exact) mass is 494 g/mol. The van der Waals surface area contributed by atoms with Gasteiger partial charge in [0, 0.05) is 23.5 Å². The molecule has 0 radical (unpaired) electrons. The summed E-state index contributed by atoms with van der Waals surface area (Å²) in [5, 5.41) is 3.60. The highest BCUT2D eigenvalue weighted by molar-refractivity contribution is 7.89. The first-order valence-electron chi connectivity index (χ1n) is 10.8. The third-order valence-electron chi connectivity index (χ3n) is 5.45. The lowest BCUT2D eigenvalue weighted by Crippen LogP contribution is -2.48. The van der Waals surface area contributed by atoms with Gasteiger partial charge < -0.3 is 14.8 Å². The molecular formula is C23H30N2O6S2. The third-order valence-corrected chi connectivity index (χ3v) is 8.45. The van der Waals surface area contributed by atoms with Crippen LogP contribution in [0, 0.1) is 13.8 Å². The topological polar surface area (TPSA) is 102 Å². The number of hydrogen-bond donors (Lipinski definition) is 1. The molecule has 1 saturated heterocycles. The van der Waals surface area contributed by atoms with Gasteiger partial charge >= 0.3 is 5.97 Å². The number of rotatable bonds is 8. The predicted octanol–water partition coefficient (Wildman–Crippen LogP) is 3.63. The first-order chi connectivity index (χ1) is 15.5. The van der Waals surface area contributed by atoms with E-state index in [1.165, 1.54) is 27.8 Å².